The lowest BCUT2D eigenvalue weighted by Crippen LogP contribution is -2.33. The molecular formula is C24H19NO4. The minimum atomic E-state index is -0.727. The van der Waals surface area contributed by atoms with Crippen LogP contribution in [-0.2, 0) is 4.79 Å². The molecule has 1 atom stereocenters. The molecule has 1 N–H and O–H groups in total. The number of fused-ring (bicyclic) bond motifs is 2. The third-order valence-corrected chi connectivity index (χ3v) is 4.90. The highest BCUT2D eigenvalue weighted by atomic mass is 16.5. The second-order valence-corrected chi connectivity index (χ2v) is 6.75. The Morgan fingerprint density at radius 2 is 1.45 bits per heavy atom. The molecule has 0 unspecified atom stereocenters. The van der Waals surface area contributed by atoms with E-state index in [1.54, 1.807) is 54.6 Å². The first-order valence-corrected chi connectivity index (χ1v) is 9.44. The van der Waals surface area contributed by atoms with Crippen LogP contribution in [0.1, 0.15) is 45.2 Å². The molecule has 0 aromatic heterocycles. The predicted molar refractivity (Wildman–Crippen MR) is 110 cm³/mol. The van der Waals surface area contributed by atoms with Crippen LogP contribution in [0.5, 0.6) is 5.75 Å². The first-order chi connectivity index (χ1) is 14.1. The van der Waals surface area contributed by atoms with Crippen molar-refractivity contribution in [1.82, 2.24) is 0 Å². The van der Waals surface area contributed by atoms with Gasteiger partial charge in [-0.2, -0.15) is 0 Å². The normalized spacial score (nSPS) is 13.3. The van der Waals surface area contributed by atoms with Gasteiger partial charge in [-0.15, -0.1) is 0 Å². The van der Waals surface area contributed by atoms with Gasteiger partial charge in [0.05, 0.1) is 11.3 Å². The number of hydrogen-bond acceptors (Lipinski definition) is 4. The average Bonchev–Trinajstić information content (AvgIpc) is 2.76. The van der Waals surface area contributed by atoms with Crippen LogP contribution in [-0.4, -0.2) is 23.6 Å². The maximum atomic E-state index is 13.1. The molecule has 0 saturated heterocycles. The molecule has 1 aliphatic rings. The van der Waals surface area contributed by atoms with Crippen molar-refractivity contribution in [3.05, 3.63) is 95.1 Å². The molecule has 1 aliphatic carbocycles. The van der Waals surface area contributed by atoms with Crippen LogP contribution in [0.2, 0.25) is 0 Å². The zero-order valence-electron chi connectivity index (χ0n) is 15.8. The summed E-state index contributed by atoms with van der Waals surface area (Å²) in [7, 11) is 0. The van der Waals surface area contributed by atoms with Crippen molar-refractivity contribution < 1.29 is 19.1 Å². The number of ether oxygens (including phenoxy) is 1. The lowest BCUT2D eigenvalue weighted by Gasteiger charge is -2.22. The first-order valence-electron chi connectivity index (χ1n) is 9.44. The van der Waals surface area contributed by atoms with Gasteiger partial charge in [-0.05, 0) is 24.6 Å². The molecule has 0 bridgehead atoms. The summed E-state index contributed by atoms with van der Waals surface area (Å²) in [5.74, 6) is -0.282. The number of benzene rings is 3. The summed E-state index contributed by atoms with van der Waals surface area (Å²) >= 11 is 0. The highest BCUT2D eigenvalue weighted by molar-refractivity contribution is 6.30. The minimum absolute atomic E-state index is 0.221. The van der Waals surface area contributed by atoms with E-state index in [0.717, 1.165) is 0 Å². The molecule has 3 aromatic carbocycles. The fourth-order valence-electron chi connectivity index (χ4n) is 3.45. The van der Waals surface area contributed by atoms with Gasteiger partial charge in [-0.1, -0.05) is 61.5 Å². The summed E-state index contributed by atoms with van der Waals surface area (Å²) in [6.45, 7) is 1.85. The number of carbonyl (C=O) groups is 3. The van der Waals surface area contributed by atoms with Crippen molar-refractivity contribution in [1.29, 1.82) is 0 Å². The zero-order chi connectivity index (χ0) is 20.4. The van der Waals surface area contributed by atoms with Crippen LogP contribution < -0.4 is 10.1 Å². The molecule has 5 heteroatoms. The number of hydrogen-bond donors (Lipinski definition) is 1. The molecule has 1 amide bonds. The van der Waals surface area contributed by atoms with Crippen LogP contribution in [0.15, 0.2) is 72.8 Å². The Balaban J connectivity index is 1.64. The molecule has 0 aliphatic heterocycles. The Bertz CT molecular complexity index is 1100. The van der Waals surface area contributed by atoms with Crippen LogP contribution in [0, 0.1) is 0 Å². The number of anilines is 1. The van der Waals surface area contributed by atoms with E-state index < -0.39 is 6.10 Å². The smallest absolute Gasteiger partial charge is 0.265 e. The minimum Gasteiger partial charge on any atom is -0.481 e. The predicted octanol–water partition coefficient (Wildman–Crippen LogP) is 4.26. The van der Waals surface area contributed by atoms with Crippen molar-refractivity contribution in [2.75, 3.05) is 5.32 Å². The molecule has 0 heterocycles. The van der Waals surface area contributed by atoms with Gasteiger partial charge in [-0.25, -0.2) is 0 Å². The van der Waals surface area contributed by atoms with E-state index in [4.69, 9.17) is 4.74 Å². The Morgan fingerprint density at radius 3 is 2.14 bits per heavy atom. The van der Waals surface area contributed by atoms with Crippen molar-refractivity contribution >= 4 is 23.2 Å². The van der Waals surface area contributed by atoms with Gasteiger partial charge in [0, 0.05) is 16.7 Å². The van der Waals surface area contributed by atoms with Crippen molar-refractivity contribution in [2.45, 2.75) is 19.4 Å². The van der Waals surface area contributed by atoms with Gasteiger partial charge >= 0.3 is 0 Å². The van der Waals surface area contributed by atoms with E-state index in [1.165, 1.54) is 0 Å². The fraction of sp³-hybridized carbons (Fsp3) is 0.125. The van der Waals surface area contributed by atoms with Crippen LogP contribution in [0.3, 0.4) is 0 Å². The number of para-hydroxylation sites is 1. The monoisotopic (exact) mass is 385 g/mol. The molecule has 4 rings (SSSR count). The first kappa shape index (κ1) is 18.6. The van der Waals surface area contributed by atoms with Gasteiger partial charge in [0.25, 0.3) is 5.91 Å². The van der Waals surface area contributed by atoms with Crippen molar-refractivity contribution in [3.8, 4) is 5.75 Å². The summed E-state index contributed by atoms with van der Waals surface area (Å²) in [4.78, 5) is 38.7. The molecule has 5 nitrogen and oxygen atoms in total. The van der Waals surface area contributed by atoms with Gasteiger partial charge < -0.3 is 10.1 Å². The highest BCUT2D eigenvalue weighted by Crippen LogP contribution is 2.32. The highest BCUT2D eigenvalue weighted by Gasteiger charge is 2.32. The maximum absolute atomic E-state index is 13.1. The molecular weight excluding hydrogens is 366 g/mol. The largest absolute Gasteiger partial charge is 0.481 e. The number of rotatable bonds is 5. The van der Waals surface area contributed by atoms with Crippen molar-refractivity contribution in [2.24, 2.45) is 0 Å². The second kappa shape index (κ2) is 7.72. The Morgan fingerprint density at radius 1 is 0.828 bits per heavy atom. The lowest BCUT2D eigenvalue weighted by molar-refractivity contribution is -0.122. The average molecular weight is 385 g/mol. The summed E-state index contributed by atoms with van der Waals surface area (Å²) in [6, 6.07) is 20.7. The second-order valence-electron chi connectivity index (χ2n) is 6.75. The molecule has 3 aromatic rings. The Labute approximate surface area is 168 Å². The zero-order valence-corrected chi connectivity index (χ0v) is 15.8. The topological polar surface area (TPSA) is 72.5 Å². The van der Waals surface area contributed by atoms with E-state index >= 15 is 0 Å². The molecule has 0 radical (unpaired) electrons. The number of amides is 1. The van der Waals surface area contributed by atoms with Crippen LogP contribution >= 0.6 is 0 Å². The van der Waals surface area contributed by atoms with E-state index in [9.17, 15) is 14.4 Å². The summed E-state index contributed by atoms with van der Waals surface area (Å²) in [5.41, 5.74) is 1.56. The van der Waals surface area contributed by atoms with Gasteiger partial charge in [0.1, 0.15) is 5.75 Å². The fourth-order valence-corrected chi connectivity index (χ4v) is 3.45. The summed E-state index contributed by atoms with van der Waals surface area (Å²) in [6.07, 6.45) is -0.277. The number of carbonyl (C=O) groups excluding carboxylic acids is 3. The summed E-state index contributed by atoms with van der Waals surface area (Å²) < 4.78 is 5.78. The van der Waals surface area contributed by atoms with Gasteiger partial charge in [0.15, 0.2) is 17.7 Å². The third kappa shape index (κ3) is 3.43. The molecule has 0 saturated carbocycles. The van der Waals surface area contributed by atoms with Crippen molar-refractivity contribution in [3.63, 3.8) is 0 Å². The molecule has 0 spiro atoms. The quantitative estimate of drug-likeness (QED) is 0.557. The van der Waals surface area contributed by atoms with Crippen LogP contribution in [0.4, 0.5) is 5.69 Å². The van der Waals surface area contributed by atoms with E-state index in [1.807, 2.05) is 25.1 Å². The lowest BCUT2D eigenvalue weighted by atomic mass is 9.83. The SMILES string of the molecule is CC[C@@H](Oc1ccccc1)C(=O)Nc1cccc2c1C(=O)c1ccccc1C2=O. The Hall–Kier alpha value is -3.73. The van der Waals surface area contributed by atoms with E-state index in [0.29, 0.717) is 34.5 Å². The molecule has 144 valence electrons. The Kier molecular flexibility index (Phi) is 4.96. The summed E-state index contributed by atoms with van der Waals surface area (Å²) in [5, 5.41) is 2.79. The number of ketones is 2. The molecule has 29 heavy (non-hydrogen) atoms. The maximum Gasteiger partial charge on any atom is 0.265 e. The third-order valence-electron chi connectivity index (χ3n) is 4.90. The van der Waals surface area contributed by atoms with Gasteiger partial charge in [-0.3, -0.25) is 14.4 Å². The van der Waals surface area contributed by atoms with E-state index in [-0.39, 0.29) is 23.0 Å². The molecule has 0 fully saturated rings. The van der Waals surface area contributed by atoms with E-state index in [2.05, 4.69) is 5.32 Å². The van der Waals surface area contributed by atoms with Crippen LogP contribution in [0.25, 0.3) is 0 Å². The van der Waals surface area contributed by atoms with Gasteiger partial charge in [0.2, 0.25) is 0 Å². The number of nitrogens with one attached hydrogen (secondary N) is 1. The standard InChI is InChI=1S/C24H19NO4/c1-2-20(29-15-9-4-3-5-10-15)24(28)25-19-14-8-13-18-21(19)23(27)17-12-7-6-11-16(17)22(18)26/h3-14,20H,2H2,1H3,(H,25,28)/t20-/m1/s1.